The second-order valence-corrected chi connectivity index (χ2v) is 6.32. The number of aromatic nitrogens is 4. The van der Waals surface area contributed by atoms with E-state index in [4.69, 9.17) is 11.0 Å². The van der Waals surface area contributed by atoms with Crippen LogP contribution in [0.5, 0.6) is 0 Å². The van der Waals surface area contributed by atoms with E-state index in [1.165, 1.54) is 4.68 Å². The molecule has 0 fully saturated rings. The maximum Gasteiger partial charge on any atom is 0.279 e. The first-order valence-corrected chi connectivity index (χ1v) is 8.90. The van der Waals surface area contributed by atoms with E-state index in [-0.39, 0.29) is 5.91 Å². The smallest absolute Gasteiger partial charge is 0.279 e. The molecule has 2 aromatic heterocycles. The number of nitrogens with two attached hydrogens (primary N) is 1. The van der Waals surface area contributed by atoms with Gasteiger partial charge in [0.15, 0.2) is 11.6 Å². The minimum Gasteiger partial charge on any atom is -0.318 e. The van der Waals surface area contributed by atoms with Crippen LogP contribution in [-0.4, -0.2) is 25.7 Å². The van der Waals surface area contributed by atoms with Gasteiger partial charge in [-0.15, -0.1) is 5.10 Å². The molecular weight excluding hydrogens is 364 g/mol. The largest absolute Gasteiger partial charge is 0.318 e. The number of carbonyl (C=O) groups excluding carboxylic acids is 1. The molecule has 2 heterocycles. The summed E-state index contributed by atoms with van der Waals surface area (Å²) in [6, 6.07) is 20.6. The van der Waals surface area contributed by atoms with Crippen molar-refractivity contribution in [3.05, 3.63) is 102 Å². The molecule has 29 heavy (non-hydrogen) atoms. The molecule has 7 heteroatoms. The zero-order valence-corrected chi connectivity index (χ0v) is 15.3. The summed E-state index contributed by atoms with van der Waals surface area (Å²) in [6.45, 7) is 0. The predicted molar refractivity (Wildman–Crippen MR) is 107 cm³/mol. The van der Waals surface area contributed by atoms with Crippen molar-refractivity contribution in [3.63, 3.8) is 0 Å². The van der Waals surface area contributed by atoms with Gasteiger partial charge in [0.2, 0.25) is 0 Å². The van der Waals surface area contributed by atoms with Crippen LogP contribution in [-0.2, 0) is 0 Å². The van der Waals surface area contributed by atoms with E-state index in [1.54, 1.807) is 73.1 Å². The highest BCUT2D eigenvalue weighted by molar-refractivity contribution is 5.95. The van der Waals surface area contributed by atoms with E-state index in [0.29, 0.717) is 22.8 Å². The normalized spacial score (nSPS) is 11.6. The Labute approximate surface area is 167 Å². The number of benzene rings is 2. The van der Waals surface area contributed by atoms with Gasteiger partial charge in [0, 0.05) is 23.5 Å². The molecule has 0 radical (unpaired) electrons. The molecule has 1 atom stereocenters. The number of nitriles is 1. The number of pyridine rings is 1. The van der Waals surface area contributed by atoms with Gasteiger partial charge in [0.05, 0.1) is 17.7 Å². The van der Waals surface area contributed by atoms with Gasteiger partial charge in [-0.3, -0.25) is 9.78 Å². The Hall–Kier alpha value is -4.15. The Morgan fingerprint density at radius 2 is 1.69 bits per heavy atom. The van der Waals surface area contributed by atoms with Crippen molar-refractivity contribution in [2.24, 2.45) is 5.73 Å². The third-order valence-electron chi connectivity index (χ3n) is 4.46. The van der Waals surface area contributed by atoms with Crippen molar-refractivity contribution in [1.82, 2.24) is 19.7 Å². The number of hydrogen-bond acceptors (Lipinski definition) is 6. The van der Waals surface area contributed by atoms with Crippen LogP contribution in [0.1, 0.15) is 33.4 Å². The molecule has 140 valence electrons. The Morgan fingerprint density at radius 1 is 1.00 bits per heavy atom. The Kier molecular flexibility index (Phi) is 4.93. The first-order chi connectivity index (χ1) is 14.2. The molecule has 2 N–H and O–H groups in total. The van der Waals surface area contributed by atoms with E-state index in [2.05, 4.69) is 21.1 Å². The van der Waals surface area contributed by atoms with Crippen molar-refractivity contribution in [3.8, 4) is 17.5 Å². The van der Waals surface area contributed by atoms with Crippen LogP contribution in [0.25, 0.3) is 11.4 Å². The van der Waals surface area contributed by atoms with Gasteiger partial charge in [-0.2, -0.15) is 9.94 Å². The number of rotatable bonds is 4. The summed E-state index contributed by atoms with van der Waals surface area (Å²) in [6.07, 6.45) is 3.27. The third kappa shape index (κ3) is 3.65. The summed E-state index contributed by atoms with van der Waals surface area (Å²) < 4.78 is 1.24. The molecular formula is C22H16N6O. The molecule has 2 aromatic carbocycles. The fraction of sp³-hybridized carbons (Fsp3) is 0.0455. The van der Waals surface area contributed by atoms with Crippen molar-refractivity contribution >= 4 is 5.91 Å². The molecule has 0 saturated heterocycles. The highest BCUT2D eigenvalue weighted by Crippen LogP contribution is 2.23. The van der Waals surface area contributed by atoms with Crippen molar-refractivity contribution in [2.45, 2.75) is 6.04 Å². The SMILES string of the molecule is N#Cc1ccc(C(N)c2nc(-c3ccncc3)nn2C(=O)c2ccccc2)cc1. The molecule has 0 bridgehead atoms. The van der Waals surface area contributed by atoms with Crippen LogP contribution in [0.3, 0.4) is 0 Å². The number of carbonyl (C=O) groups is 1. The molecule has 0 aliphatic carbocycles. The third-order valence-corrected chi connectivity index (χ3v) is 4.46. The van der Waals surface area contributed by atoms with E-state index >= 15 is 0 Å². The first-order valence-electron chi connectivity index (χ1n) is 8.90. The highest BCUT2D eigenvalue weighted by Gasteiger charge is 2.24. The Balaban J connectivity index is 1.81. The van der Waals surface area contributed by atoms with Crippen LogP contribution in [0, 0.1) is 11.3 Å². The molecule has 0 aliphatic rings. The van der Waals surface area contributed by atoms with Gasteiger partial charge in [0.1, 0.15) is 0 Å². The quantitative estimate of drug-likeness (QED) is 0.583. The predicted octanol–water partition coefficient (Wildman–Crippen LogP) is 2.95. The monoisotopic (exact) mass is 380 g/mol. The van der Waals surface area contributed by atoms with E-state index < -0.39 is 6.04 Å². The van der Waals surface area contributed by atoms with Crippen LogP contribution in [0.2, 0.25) is 0 Å². The fourth-order valence-corrected chi connectivity index (χ4v) is 2.92. The second kappa shape index (κ2) is 7.84. The fourth-order valence-electron chi connectivity index (χ4n) is 2.92. The molecule has 0 saturated carbocycles. The van der Waals surface area contributed by atoms with Crippen LogP contribution >= 0.6 is 0 Å². The number of hydrogen-bond donors (Lipinski definition) is 1. The lowest BCUT2D eigenvalue weighted by atomic mass is 10.1. The lowest BCUT2D eigenvalue weighted by molar-refractivity contribution is 0.0940. The number of nitrogens with zero attached hydrogens (tertiary/aromatic N) is 5. The van der Waals surface area contributed by atoms with Crippen LogP contribution < -0.4 is 5.73 Å². The van der Waals surface area contributed by atoms with Crippen molar-refractivity contribution in [1.29, 1.82) is 5.26 Å². The lowest BCUT2D eigenvalue weighted by Crippen LogP contribution is -2.23. The second-order valence-electron chi connectivity index (χ2n) is 6.32. The van der Waals surface area contributed by atoms with Gasteiger partial charge in [-0.1, -0.05) is 30.3 Å². The molecule has 1 unspecified atom stereocenters. The van der Waals surface area contributed by atoms with Crippen LogP contribution in [0.4, 0.5) is 0 Å². The van der Waals surface area contributed by atoms with Gasteiger partial charge in [-0.25, -0.2) is 4.98 Å². The van der Waals surface area contributed by atoms with E-state index in [1.807, 2.05) is 6.07 Å². The summed E-state index contributed by atoms with van der Waals surface area (Å²) in [5.41, 5.74) is 8.90. The average molecular weight is 380 g/mol. The maximum absolute atomic E-state index is 13.1. The van der Waals surface area contributed by atoms with E-state index in [9.17, 15) is 4.79 Å². The molecule has 0 amide bonds. The summed E-state index contributed by atoms with van der Waals surface area (Å²) in [5.74, 6) is 0.378. The molecule has 4 aromatic rings. The van der Waals surface area contributed by atoms with Gasteiger partial charge in [0.25, 0.3) is 5.91 Å². The zero-order chi connectivity index (χ0) is 20.2. The maximum atomic E-state index is 13.1. The standard InChI is InChI=1S/C22H16N6O/c23-14-15-6-8-16(9-7-15)19(24)21-26-20(17-10-12-25-13-11-17)27-28(21)22(29)18-4-2-1-3-5-18/h1-13,19H,24H2. The zero-order valence-electron chi connectivity index (χ0n) is 15.3. The highest BCUT2D eigenvalue weighted by atomic mass is 16.2. The lowest BCUT2D eigenvalue weighted by Gasteiger charge is -2.12. The molecule has 0 aliphatic heterocycles. The summed E-state index contributed by atoms with van der Waals surface area (Å²) in [7, 11) is 0. The molecule has 4 rings (SSSR count). The van der Waals surface area contributed by atoms with Crippen LogP contribution in [0.15, 0.2) is 79.1 Å². The van der Waals surface area contributed by atoms with E-state index in [0.717, 1.165) is 11.1 Å². The van der Waals surface area contributed by atoms with Gasteiger partial charge >= 0.3 is 0 Å². The topological polar surface area (TPSA) is 110 Å². The van der Waals surface area contributed by atoms with Crippen molar-refractivity contribution in [2.75, 3.05) is 0 Å². The minimum absolute atomic E-state index is 0.315. The molecule has 7 nitrogen and oxygen atoms in total. The van der Waals surface area contributed by atoms with Gasteiger partial charge in [-0.05, 0) is 42.0 Å². The minimum atomic E-state index is -0.696. The summed E-state index contributed by atoms with van der Waals surface area (Å²) in [5, 5.41) is 13.4. The molecule has 0 spiro atoms. The summed E-state index contributed by atoms with van der Waals surface area (Å²) >= 11 is 0. The van der Waals surface area contributed by atoms with Gasteiger partial charge < -0.3 is 5.73 Å². The summed E-state index contributed by atoms with van der Waals surface area (Å²) in [4.78, 5) is 21.7. The first kappa shape index (κ1) is 18.2. The Morgan fingerprint density at radius 3 is 2.34 bits per heavy atom. The Bertz CT molecular complexity index is 1180. The van der Waals surface area contributed by atoms with Crippen molar-refractivity contribution < 1.29 is 4.79 Å². The average Bonchev–Trinajstić information content (AvgIpc) is 3.25.